The summed E-state index contributed by atoms with van der Waals surface area (Å²) in [5.41, 5.74) is 3.26. The third kappa shape index (κ3) is 3.72. The van der Waals surface area contributed by atoms with E-state index in [1.54, 1.807) is 0 Å². The number of aromatic nitrogens is 2. The fraction of sp³-hybridized carbons (Fsp3) is 0.176. The van der Waals surface area contributed by atoms with Gasteiger partial charge in [0.05, 0.1) is 6.54 Å². The number of benzene rings is 2. The van der Waals surface area contributed by atoms with Crippen LogP contribution in [0.25, 0.3) is 11.5 Å². The molecule has 3 rings (SSSR count). The van der Waals surface area contributed by atoms with Crippen molar-refractivity contribution in [3.8, 4) is 11.5 Å². The summed E-state index contributed by atoms with van der Waals surface area (Å²) in [7, 11) is 0. The van der Waals surface area contributed by atoms with Crippen molar-refractivity contribution in [3.05, 3.63) is 70.6 Å². The molecule has 1 heterocycles. The topological polar surface area (TPSA) is 51.0 Å². The Hall–Kier alpha value is -2.17. The van der Waals surface area contributed by atoms with Crippen LogP contribution in [0.15, 0.2) is 52.9 Å². The maximum Gasteiger partial charge on any atom is 0.247 e. The average Bonchev–Trinajstić information content (AvgIpc) is 2.98. The Morgan fingerprint density at radius 1 is 1.05 bits per heavy atom. The Labute approximate surface area is 134 Å². The SMILES string of the molecule is Cc1cccc(-c2nnc(CNCc3ccc(Cl)cc3)o2)c1. The van der Waals surface area contributed by atoms with E-state index in [1.807, 2.05) is 55.5 Å². The second-order valence-electron chi connectivity index (χ2n) is 5.10. The molecule has 1 N–H and O–H groups in total. The standard InChI is InChI=1S/C17H16ClN3O/c1-12-3-2-4-14(9-12)17-21-20-16(22-17)11-19-10-13-5-7-15(18)8-6-13/h2-9,19H,10-11H2,1H3. The molecule has 0 fully saturated rings. The lowest BCUT2D eigenvalue weighted by Gasteiger charge is -2.02. The van der Waals surface area contributed by atoms with Crippen molar-refractivity contribution >= 4 is 11.6 Å². The van der Waals surface area contributed by atoms with Gasteiger partial charge in [0.2, 0.25) is 11.8 Å². The van der Waals surface area contributed by atoms with E-state index in [1.165, 1.54) is 0 Å². The summed E-state index contributed by atoms with van der Waals surface area (Å²) in [5.74, 6) is 1.12. The lowest BCUT2D eigenvalue weighted by molar-refractivity contribution is 0.477. The highest BCUT2D eigenvalue weighted by atomic mass is 35.5. The van der Waals surface area contributed by atoms with Crippen molar-refractivity contribution in [2.45, 2.75) is 20.0 Å². The second kappa shape index (κ2) is 6.73. The Bertz CT molecular complexity index is 753. The molecule has 0 radical (unpaired) electrons. The largest absolute Gasteiger partial charge is 0.419 e. The van der Waals surface area contributed by atoms with Gasteiger partial charge in [-0.1, -0.05) is 41.4 Å². The summed E-state index contributed by atoms with van der Waals surface area (Å²) < 4.78 is 5.68. The molecule has 0 aliphatic heterocycles. The molecule has 0 unspecified atom stereocenters. The third-order valence-electron chi connectivity index (χ3n) is 3.25. The van der Waals surface area contributed by atoms with Crippen molar-refractivity contribution in [1.29, 1.82) is 0 Å². The van der Waals surface area contributed by atoms with Gasteiger partial charge in [-0.25, -0.2) is 0 Å². The molecule has 2 aromatic carbocycles. The minimum absolute atomic E-state index is 0.529. The van der Waals surface area contributed by atoms with Crippen LogP contribution in [0.4, 0.5) is 0 Å². The minimum atomic E-state index is 0.529. The van der Waals surface area contributed by atoms with E-state index in [9.17, 15) is 0 Å². The number of hydrogen-bond acceptors (Lipinski definition) is 4. The van der Waals surface area contributed by atoms with Crippen molar-refractivity contribution in [2.24, 2.45) is 0 Å². The number of halogens is 1. The van der Waals surface area contributed by atoms with Gasteiger partial charge in [0.15, 0.2) is 0 Å². The van der Waals surface area contributed by atoms with E-state index in [2.05, 4.69) is 15.5 Å². The molecule has 0 saturated carbocycles. The molecule has 112 valence electrons. The van der Waals surface area contributed by atoms with Gasteiger partial charge in [-0.15, -0.1) is 10.2 Å². The van der Waals surface area contributed by atoms with Crippen molar-refractivity contribution in [3.63, 3.8) is 0 Å². The third-order valence-corrected chi connectivity index (χ3v) is 3.50. The van der Waals surface area contributed by atoms with Crippen LogP contribution in [-0.2, 0) is 13.1 Å². The second-order valence-corrected chi connectivity index (χ2v) is 5.54. The van der Waals surface area contributed by atoms with Gasteiger partial charge < -0.3 is 9.73 Å². The Kier molecular flexibility index (Phi) is 4.51. The van der Waals surface area contributed by atoms with E-state index >= 15 is 0 Å². The number of hydrogen-bond donors (Lipinski definition) is 1. The summed E-state index contributed by atoms with van der Waals surface area (Å²) >= 11 is 5.86. The molecule has 0 bridgehead atoms. The van der Waals surface area contributed by atoms with Crippen molar-refractivity contribution in [2.75, 3.05) is 0 Å². The van der Waals surface area contributed by atoms with Crippen LogP contribution in [0.2, 0.25) is 5.02 Å². The van der Waals surface area contributed by atoms with Crippen LogP contribution in [0, 0.1) is 6.92 Å². The molecular formula is C17H16ClN3O. The maximum atomic E-state index is 5.86. The predicted octanol–water partition coefficient (Wildman–Crippen LogP) is 3.99. The summed E-state index contributed by atoms with van der Waals surface area (Å²) in [6.07, 6.45) is 0. The molecule has 0 aliphatic rings. The van der Waals surface area contributed by atoms with Crippen LogP contribution in [-0.4, -0.2) is 10.2 Å². The van der Waals surface area contributed by atoms with Crippen LogP contribution in [0.3, 0.4) is 0 Å². The molecule has 4 nitrogen and oxygen atoms in total. The first-order valence-electron chi connectivity index (χ1n) is 7.05. The highest BCUT2D eigenvalue weighted by Gasteiger charge is 2.08. The maximum absolute atomic E-state index is 5.86. The number of aryl methyl sites for hydroxylation is 1. The number of rotatable bonds is 5. The smallest absolute Gasteiger partial charge is 0.247 e. The lowest BCUT2D eigenvalue weighted by atomic mass is 10.1. The fourth-order valence-corrected chi connectivity index (χ4v) is 2.26. The average molecular weight is 314 g/mol. The minimum Gasteiger partial charge on any atom is -0.419 e. The normalized spacial score (nSPS) is 10.8. The fourth-order valence-electron chi connectivity index (χ4n) is 2.14. The van der Waals surface area contributed by atoms with Gasteiger partial charge in [0, 0.05) is 17.1 Å². The zero-order valence-corrected chi connectivity index (χ0v) is 13.0. The first kappa shape index (κ1) is 14.8. The molecule has 22 heavy (non-hydrogen) atoms. The number of nitrogens with zero attached hydrogens (tertiary/aromatic N) is 2. The Balaban J connectivity index is 1.59. The van der Waals surface area contributed by atoms with E-state index < -0.39 is 0 Å². The lowest BCUT2D eigenvalue weighted by Crippen LogP contribution is -2.12. The summed E-state index contributed by atoms with van der Waals surface area (Å²) in [6, 6.07) is 15.7. The Morgan fingerprint density at radius 2 is 1.86 bits per heavy atom. The van der Waals surface area contributed by atoms with Gasteiger partial charge in [-0.3, -0.25) is 0 Å². The van der Waals surface area contributed by atoms with Gasteiger partial charge in [0.25, 0.3) is 0 Å². The molecular weight excluding hydrogens is 298 g/mol. The first-order chi connectivity index (χ1) is 10.7. The molecule has 0 atom stereocenters. The quantitative estimate of drug-likeness (QED) is 0.774. The summed E-state index contributed by atoms with van der Waals surface area (Å²) in [6.45, 7) is 3.29. The molecule has 3 aromatic rings. The van der Waals surface area contributed by atoms with Gasteiger partial charge in [-0.2, -0.15) is 0 Å². The van der Waals surface area contributed by atoms with E-state index in [0.717, 1.165) is 28.3 Å². The Morgan fingerprint density at radius 3 is 2.64 bits per heavy atom. The van der Waals surface area contributed by atoms with Gasteiger partial charge in [-0.05, 0) is 36.8 Å². The molecule has 0 saturated heterocycles. The molecule has 0 aliphatic carbocycles. The zero-order valence-electron chi connectivity index (χ0n) is 12.2. The van der Waals surface area contributed by atoms with Crippen LogP contribution in [0.5, 0.6) is 0 Å². The first-order valence-corrected chi connectivity index (χ1v) is 7.43. The summed E-state index contributed by atoms with van der Waals surface area (Å²) in [4.78, 5) is 0. The number of nitrogens with one attached hydrogen (secondary N) is 1. The monoisotopic (exact) mass is 313 g/mol. The molecule has 5 heteroatoms. The summed E-state index contributed by atoms with van der Waals surface area (Å²) in [5, 5.41) is 12.2. The van der Waals surface area contributed by atoms with E-state index in [-0.39, 0.29) is 0 Å². The van der Waals surface area contributed by atoms with Crippen LogP contribution >= 0.6 is 11.6 Å². The van der Waals surface area contributed by atoms with E-state index in [4.69, 9.17) is 16.0 Å². The van der Waals surface area contributed by atoms with Crippen LogP contribution in [0.1, 0.15) is 17.0 Å². The van der Waals surface area contributed by atoms with Crippen molar-refractivity contribution in [1.82, 2.24) is 15.5 Å². The predicted molar refractivity (Wildman–Crippen MR) is 86.5 cm³/mol. The zero-order chi connectivity index (χ0) is 15.4. The molecule has 1 aromatic heterocycles. The van der Waals surface area contributed by atoms with Gasteiger partial charge >= 0.3 is 0 Å². The highest BCUT2D eigenvalue weighted by molar-refractivity contribution is 6.30. The van der Waals surface area contributed by atoms with Crippen molar-refractivity contribution < 1.29 is 4.42 Å². The van der Waals surface area contributed by atoms with Gasteiger partial charge in [0.1, 0.15) is 0 Å². The van der Waals surface area contributed by atoms with E-state index in [0.29, 0.717) is 18.3 Å². The molecule has 0 amide bonds. The van der Waals surface area contributed by atoms with Crippen LogP contribution < -0.4 is 5.32 Å². The molecule has 0 spiro atoms. The highest BCUT2D eigenvalue weighted by Crippen LogP contribution is 2.18.